The van der Waals surface area contributed by atoms with E-state index in [1.54, 1.807) is 0 Å². The first kappa shape index (κ1) is 20.4. The minimum Gasteiger partial charge on any atom is -0.379 e. The zero-order valence-corrected chi connectivity index (χ0v) is 17.4. The first-order valence-electron chi connectivity index (χ1n) is 9.78. The standard InChI is InChI=1S/C19H23N7O3S/c1-13-3-4-14-15(11-13)30-19(23-14)24-18-16(26(27)28)17(21-12-22-18)20-5-2-6-25-7-9-29-10-8-25/h3-4,11-12H,2,5-10H2,1H3,(H2,20,21,22,23,24). The molecule has 0 spiro atoms. The van der Waals surface area contributed by atoms with Gasteiger partial charge in [-0.15, -0.1) is 0 Å². The Hall–Kier alpha value is -2.89. The van der Waals surface area contributed by atoms with Crippen LogP contribution in [0.3, 0.4) is 0 Å². The van der Waals surface area contributed by atoms with Gasteiger partial charge in [0.2, 0.25) is 11.6 Å². The summed E-state index contributed by atoms with van der Waals surface area (Å²) in [5.74, 6) is 0.331. The molecule has 0 unspecified atom stereocenters. The summed E-state index contributed by atoms with van der Waals surface area (Å²) in [5.41, 5.74) is 1.79. The molecular weight excluding hydrogens is 406 g/mol. The maximum Gasteiger partial charge on any atom is 0.353 e. The summed E-state index contributed by atoms with van der Waals surface area (Å²) in [6.45, 7) is 6.85. The van der Waals surface area contributed by atoms with Crippen LogP contribution >= 0.6 is 11.3 Å². The van der Waals surface area contributed by atoms with Crippen molar-refractivity contribution in [1.82, 2.24) is 19.9 Å². The third-order valence-corrected chi connectivity index (χ3v) is 5.75. The van der Waals surface area contributed by atoms with E-state index in [1.807, 2.05) is 25.1 Å². The van der Waals surface area contributed by atoms with E-state index in [9.17, 15) is 10.1 Å². The normalized spacial score (nSPS) is 14.7. The summed E-state index contributed by atoms with van der Waals surface area (Å²) in [7, 11) is 0. The van der Waals surface area contributed by atoms with Crippen molar-refractivity contribution in [3.05, 3.63) is 40.2 Å². The topological polar surface area (TPSA) is 118 Å². The number of aryl methyl sites for hydroxylation is 1. The predicted octanol–water partition coefficient (Wildman–Crippen LogP) is 3.18. The molecule has 3 aromatic rings. The molecule has 3 heterocycles. The lowest BCUT2D eigenvalue weighted by atomic mass is 10.2. The number of fused-ring (bicyclic) bond motifs is 1. The third kappa shape index (κ3) is 4.81. The van der Waals surface area contributed by atoms with Crippen molar-refractivity contribution in [3.63, 3.8) is 0 Å². The molecular formula is C19H23N7O3S. The number of hydrogen-bond donors (Lipinski definition) is 2. The minimum atomic E-state index is -0.468. The van der Waals surface area contributed by atoms with Crippen LogP contribution in [0.2, 0.25) is 0 Å². The molecule has 2 aromatic heterocycles. The number of anilines is 3. The van der Waals surface area contributed by atoms with Crippen molar-refractivity contribution >= 4 is 44.0 Å². The lowest BCUT2D eigenvalue weighted by Crippen LogP contribution is -2.37. The third-order valence-electron chi connectivity index (χ3n) is 4.82. The van der Waals surface area contributed by atoms with E-state index in [0.717, 1.165) is 55.0 Å². The van der Waals surface area contributed by atoms with Crippen LogP contribution in [0, 0.1) is 17.0 Å². The number of aromatic nitrogens is 3. The largest absolute Gasteiger partial charge is 0.379 e. The van der Waals surface area contributed by atoms with Crippen LogP contribution in [0.1, 0.15) is 12.0 Å². The number of nitrogens with one attached hydrogen (secondary N) is 2. The van der Waals surface area contributed by atoms with Gasteiger partial charge in [-0.2, -0.15) is 0 Å². The number of ether oxygens (including phenoxy) is 1. The predicted molar refractivity (Wildman–Crippen MR) is 117 cm³/mol. The van der Waals surface area contributed by atoms with Crippen LogP contribution in [-0.2, 0) is 4.74 Å². The molecule has 0 amide bonds. The average molecular weight is 430 g/mol. The van der Waals surface area contributed by atoms with Gasteiger partial charge in [-0.1, -0.05) is 17.4 Å². The van der Waals surface area contributed by atoms with Crippen molar-refractivity contribution in [2.24, 2.45) is 0 Å². The maximum atomic E-state index is 11.7. The first-order chi connectivity index (χ1) is 14.6. The fourth-order valence-corrected chi connectivity index (χ4v) is 4.26. The van der Waals surface area contributed by atoms with E-state index < -0.39 is 4.92 Å². The molecule has 1 aliphatic rings. The van der Waals surface area contributed by atoms with Crippen molar-refractivity contribution in [2.75, 3.05) is 50.0 Å². The molecule has 2 N–H and O–H groups in total. The fourth-order valence-electron chi connectivity index (χ4n) is 3.29. The Morgan fingerprint density at radius 2 is 2.07 bits per heavy atom. The molecule has 11 heteroatoms. The average Bonchev–Trinajstić information content (AvgIpc) is 3.13. The van der Waals surface area contributed by atoms with Crippen LogP contribution in [0.5, 0.6) is 0 Å². The molecule has 10 nitrogen and oxygen atoms in total. The summed E-state index contributed by atoms with van der Waals surface area (Å²) in [6, 6.07) is 5.95. The van der Waals surface area contributed by atoms with Gasteiger partial charge in [-0.05, 0) is 37.6 Å². The van der Waals surface area contributed by atoms with Gasteiger partial charge < -0.3 is 15.4 Å². The highest BCUT2D eigenvalue weighted by Crippen LogP contribution is 2.34. The molecule has 1 fully saturated rings. The van der Waals surface area contributed by atoms with Gasteiger partial charge in [-0.3, -0.25) is 15.0 Å². The van der Waals surface area contributed by atoms with E-state index in [4.69, 9.17) is 4.74 Å². The van der Waals surface area contributed by atoms with Gasteiger partial charge in [0.1, 0.15) is 6.33 Å². The zero-order valence-electron chi connectivity index (χ0n) is 16.6. The Kier molecular flexibility index (Phi) is 6.31. The van der Waals surface area contributed by atoms with Crippen LogP contribution in [-0.4, -0.2) is 64.2 Å². The highest BCUT2D eigenvalue weighted by Gasteiger charge is 2.24. The van der Waals surface area contributed by atoms with E-state index in [2.05, 4.69) is 30.5 Å². The number of benzene rings is 1. The Morgan fingerprint density at radius 3 is 2.87 bits per heavy atom. The second-order valence-electron chi connectivity index (χ2n) is 7.03. The molecule has 0 aliphatic carbocycles. The van der Waals surface area contributed by atoms with Gasteiger partial charge in [0.05, 0.1) is 28.4 Å². The number of hydrogen-bond acceptors (Lipinski definition) is 10. The highest BCUT2D eigenvalue weighted by molar-refractivity contribution is 7.22. The van der Waals surface area contributed by atoms with Crippen LogP contribution < -0.4 is 10.6 Å². The lowest BCUT2D eigenvalue weighted by Gasteiger charge is -2.26. The molecule has 158 valence electrons. The summed E-state index contributed by atoms with van der Waals surface area (Å²) >= 11 is 1.43. The van der Waals surface area contributed by atoms with Crippen LogP contribution in [0.15, 0.2) is 24.5 Å². The monoisotopic (exact) mass is 429 g/mol. The summed E-state index contributed by atoms with van der Waals surface area (Å²) in [6.07, 6.45) is 2.16. The molecule has 30 heavy (non-hydrogen) atoms. The minimum absolute atomic E-state index is 0.126. The quantitative estimate of drug-likeness (QED) is 0.316. The number of nitro groups is 1. The number of thiazole rings is 1. The molecule has 1 saturated heterocycles. The second kappa shape index (κ2) is 9.28. The Balaban J connectivity index is 1.45. The van der Waals surface area contributed by atoms with Gasteiger partial charge in [-0.25, -0.2) is 15.0 Å². The molecule has 0 atom stereocenters. The van der Waals surface area contributed by atoms with Crippen molar-refractivity contribution < 1.29 is 9.66 Å². The zero-order chi connectivity index (χ0) is 20.9. The Labute approximate surface area is 177 Å². The number of rotatable bonds is 8. The van der Waals surface area contributed by atoms with Gasteiger partial charge >= 0.3 is 5.69 Å². The highest BCUT2D eigenvalue weighted by atomic mass is 32.1. The molecule has 4 rings (SSSR count). The Morgan fingerprint density at radius 1 is 1.27 bits per heavy atom. The smallest absolute Gasteiger partial charge is 0.353 e. The van der Waals surface area contributed by atoms with E-state index in [0.29, 0.717) is 11.7 Å². The van der Waals surface area contributed by atoms with E-state index >= 15 is 0 Å². The molecule has 1 aliphatic heterocycles. The van der Waals surface area contributed by atoms with Crippen LogP contribution in [0.25, 0.3) is 10.2 Å². The summed E-state index contributed by atoms with van der Waals surface area (Å²) in [4.78, 5) is 26.3. The molecule has 0 saturated carbocycles. The lowest BCUT2D eigenvalue weighted by molar-refractivity contribution is -0.383. The van der Waals surface area contributed by atoms with Gasteiger partial charge in [0.25, 0.3) is 0 Å². The summed E-state index contributed by atoms with van der Waals surface area (Å²) < 4.78 is 6.35. The maximum absolute atomic E-state index is 11.7. The SMILES string of the molecule is Cc1ccc2nc(Nc3ncnc(NCCCN4CCOCC4)c3[N+](=O)[O-])sc2c1. The number of morpholine rings is 1. The molecule has 0 bridgehead atoms. The fraction of sp³-hybridized carbons (Fsp3) is 0.421. The van der Waals surface area contributed by atoms with Crippen molar-refractivity contribution in [2.45, 2.75) is 13.3 Å². The van der Waals surface area contributed by atoms with Crippen LogP contribution in [0.4, 0.5) is 22.5 Å². The Bertz CT molecular complexity index is 1040. The van der Waals surface area contributed by atoms with Gasteiger partial charge in [0.15, 0.2) is 5.13 Å². The second-order valence-corrected chi connectivity index (χ2v) is 8.06. The van der Waals surface area contributed by atoms with E-state index in [1.165, 1.54) is 17.7 Å². The van der Waals surface area contributed by atoms with Gasteiger partial charge in [0, 0.05) is 19.6 Å². The van der Waals surface area contributed by atoms with Crippen molar-refractivity contribution in [1.29, 1.82) is 0 Å². The first-order valence-corrected chi connectivity index (χ1v) is 10.6. The van der Waals surface area contributed by atoms with Crippen molar-refractivity contribution in [3.8, 4) is 0 Å². The van der Waals surface area contributed by atoms with E-state index in [-0.39, 0.29) is 17.3 Å². The summed E-state index contributed by atoms with van der Waals surface area (Å²) in [5, 5.41) is 18.4. The molecule has 1 aromatic carbocycles. The number of nitrogens with zero attached hydrogens (tertiary/aromatic N) is 5. The molecule has 0 radical (unpaired) electrons.